The molecule has 136 valence electrons. The SMILES string of the molecule is CC.CC.CC.CC.O=C(Nc1ccccc1S)c1ccccc1. The fourth-order valence-corrected chi connectivity index (χ4v) is 1.58. The van der Waals surface area contributed by atoms with Gasteiger partial charge < -0.3 is 5.32 Å². The molecule has 0 fully saturated rings. The molecule has 0 radical (unpaired) electrons. The minimum atomic E-state index is -0.123. The third-order valence-corrected chi connectivity index (χ3v) is 2.58. The van der Waals surface area contributed by atoms with Crippen molar-refractivity contribution >= 4 is 24.2 Å². The van der Waals surface area contributed by atoms with Crippen LogP contribution in [-0.2, 0) is 0 Å². The Bertz CT molecular complexity index is 498. The molecule has 0 aliphatic heterocycles. The average Bonchev–Trinajstić information content (AvgIpc) is 2.70. The second-order valence-corrected chi connectivity index (χ2v) is 3.82. The molecular weight excluding hydrogens is 314 g/mol. The number of carbonyl (C=O) groups excluding carboxylic acids is 1. The molecule has 0 heterocycles. The average molecular weight is 350 g/mol. The van der Waals surface area contributed by atoms with Gasteiger partial charge in [0.05, 0.1) is 5.69 Å². The highest BCUT2D eigenvalue weighted by atomic mass is 32.1. The number of hydrogen-bond acceptors (Lipinski definition) is 2. The van der Waals surface area contributed by atoms with Crippen molar-refractivity contribution in [2.24, 2.45) is 0 Å². The monoisotopic (exact) mass is 349 g/mol. The Morgan fingerprint density at radius 3 is 1.58 bits per heavy atom. The van der Waals surface area contributed by atoms with Crippen LogP contribution in [0.4, 0.5) is 5.69 Å². The van der Waals surface area contributed by atoms with Gasteiger partial charge in [-0.3, -0.25) is 4.79 Å². The first kappa shape index (κ1) is 27.1. The highest BCUT2D eigenvalue weighted by Crippen LogP contribution is 2.19. The molecule has 0 unspecified atom stereocenters. The fourth-order valence-electron chi connectivity index (χ4n) is 1.36. The van der Waals surface area contributed by atoms with Gasteiger partial charge in [0.2, 0.25) is 0 Å². The van der Waals surface area contributed by atoms with Crippen LogP contribution >= 0.6 is 12.6 Å². The molecule has 0 bridgehead atoms. The van der Waals surface area contributed by atoms with Gasteiger partial charge in [0.15, 0.2) is 0 Å². The summed E-state index contributed by atoms with van der Waals surface area (Å²) in [5.41, 5.74) is 1.36. The molecule has 0 spiro atoms. The third-order valence-electron chi connectivity index (χ3n) is 2.19. The number of rotatable bonds is 2. The molecule has 2 nitrogen and oxygen atoms in total. The number of hydrogen-bond donors (Lipinski definition) is 2. The summed E-state index contributed by atoms with van der Waals surface area (Å²) in [5, 5.41) is 2.81. The Morgan fingerprint density at radius 2 is 1.12 bits per heavy atom. The van der Waals surface area contributed by atoms with Gasteiger partial charge in [0.25, 0.3) is 5.91 Å². The predicted octanol–water partition coefficient (Wildman–Crippen LogP) is 7.33. The molecule has 0 aromatic heterocycles. The first-order valence-electron chi connectivity index (χ1n) is 8.92. The first-order valence-corrected chi connectivity index (χ1v) is 9.36. The van der Waals surface area contributed by atoms with E-state index in [4.69, 9.17) is 0 Å². The Labute approximate surface area is 155 Å². The van der Waals surface area contributed by atoms with Crippen LogP contribution in [0.15, 0.2) is 59.5 Å². The molecular formula is C21H35NOS. The van der Waals surface area contributed by atoms with Crippen LogP contribution in [0.5, 0.6) is 0 Å². The van der Waals surface area contributed by atoms with Crippen molar-refractivity contribution in [2.75, 3.05) is 5.32 Å². The van der Waals surface area contributed by atoms with Gasteiger partial charge in [-0.25, -0.2) is 0 Å². The van der Waals surface area contributed by atoms with Crippen LogP contribution in [-0.4, -0.2) is 5.91 Å². The third kappa shape index (κ3) is 11.8. The van der Waals surface area contributed by atoms with Crippen LogP contribution in [0.3, 0.4) is 0 Å². The van der Waals surface area contributed by atoms with Crippen LogP contribution in [0, 0.1) is 0 Å². The van der Waals surface area contributed by atoms with E-state index in [2.05, 4.69) is 17.9 Å². The van der Waals surface area contributed by atoms with E-state index in [-0.39, 0.29) is 5.91 Å². The predicted molar refractivity (Wildman–Crippen MR) is 113 cm³/mol. The second-order valence-electron chi connectivity index (χ2n) is 3.34. The zero-order valence-corrected chi connectivity index (χ0v) is 17.4. The number of anilines is 1. The van der Waals surface area contributed by atoms with E-state index in [1.807, 2.05) is 97.9 Å². The molecule has 2 aromatic rings. The Hall–Kier alpha value is -1.74. The van der Waals surface area contributed by atoms with E-state index in [0.717, 1.165) is 10.6 Å². The first-order chi connectivity index (χ1) is 11.8. The lowest BCUT2D eigenvalue weighted by molar-refractivity contribution is 0.102. The summed E-state index contributed by atoms with van der Waals surface area (Å²) in [5.74, 6) is -0.123. The van der Waals surface area contributed by atoms with Crippen LogP contribution in [0.1, 0.15) is 65.7 Å². The molecule has 3 heteroatoms. The molecule has 0 aliphatic carbocycles. The second kappa shape index (κ2) is 21.3. The normalized spacial score (nSPS) is 7.54. The van der Waals surface area contributed by atoms with E-state index in [1.54, 1.807) is 12.1 Å². The topological polar surface area (TPSA) is 29.1 Å². The largest absolute Gasteiger partial charge is 0.321 e. The minimum Gasteiger partial charge on any atom is -0.321 e. The van der Waals surface area contributed by atoms with Crippen molar-refractivity contribution in [2.45, 2.75) is 60.3 Å². The van der Waals surface area contributed by atoms with Crippen molar-refractivity contribution < 1.29 is 4.79 Å². The Morgan fingerprint density at radius 1 is 0.708 bits per heavy atom. The summed E-state index contributed by atoms with van der Waals surface area (Å²) in [6.07, 6.45) is 0. The van der Waals surface area contributed by atoms with Crippen molar-refractivity contribution in [3.05, 3.63) is 60.2 Å². The van der Waals surface area contributed by atoms with Gasteiger partial charge in [-0.2, -0.15) is 0 Å². The van der Waals surface area contributed by atoms with Crippen LogP contribution in [0.25, 0.3) is 0 Å². The van der Waals surface area contributed by atoms with Gasteiger partial charge in [-0.15, -0.1) is 12.6 Å². The Kier molecular flexibility index (Phi) is 24.0. The van der Waals surface area contributed by atoms with E-state index in [9.17, 15) is 4.79 Å². The van der Waals surface area contributed by atoms with Crippen LogP contribution in [0.2, 0.25) is 0 Å². The standard InChI is InChI=1S/C13H11NOS.4C2H6/c15-13(10-6-2-1-3-7-10)14-11-8-4-5-9-12(11)16;4*1-2/h1-9,16H,(H,14,15);4*1-2H3. The number of thiol groups is 1. The molecule has 0 aliphatic rings. The van der Waals surface area contributed by atoms with Gasteiger partial charge >= 0.3 is 0 Å². The number of amides is 1. The van der Waals surface area contributed by atoms with Gasteiger partial charge in [-0.05, 0) is 24.3 Å². The number of benzene rings is 2. The minimum absolute atomic E-state index is 0.123. The summed E-state index contributed by atoms with van der Waals surface area (Å²) in [6, 6.07) is 16.5. The van der Waals surface area contributed by atoms with Gasteiger partial charge in [0.1, 0.15) is 0 Å². The number of nitrogens with one attached hydrogen (secondary N) is 1. The Balaban J connectivity index is -0.000000484. The molecule has 0 saturated heterocycles. The number of para-hydroxylation sites is 1. The highest BCUT2D eigenvalue weighted by molar-refractivity contribution is 7.80. The van der Waals surface area contributed by atoms with E-state index >= 15 is 0 Å². The molecule has 0 atom stereocenters. The molecule has 0 saturated carbocycles. The summed E-state index contributed by atoms with van der Waals surface area (Å²) in [7, 11) is 0. The van der Waals surface area contributed by atoms with Gasteiger partial charge in [0, 0.05) is 10.5 Å². The summed E-state index contributed by atoms with van der Waals surface area (Å²) >= 11 is 4.27. The van der Waals surface area contributed by atoms with Crippen LogP contribution < -0.4 is 5.32 Å². The molecule has 1 amide bonds. The van der Waals surface area contributed by atoms with Crippen molar-refractivity contribution in [3.63, 3.8) is 0 Å². The molecule has 24 heavy (non-hydrogen) atoms. The van der Waals surface area contributed by atoms with Crippen molar-refractivity contribution in [1.29, 1.82) is 0 Å². The fraction of sp³-hybridized carbons (Fsp3) is 0.381. The maximum atomic E-state index is 11.8. The lowest BCUT2D eigenvalue weighted by Gasteiger charge is -2.07. The highest BCUT2D eigenvalue weighted by Gasteiger charge is 2.06. The van der Waals surface area contributed by atoms with Gasteiger partial charge in [-0.1, -0.05) is 85.7 Å². The molecule has 2 rings (SSSR count). The lowest BCUT2D eigenvalue weighted by atomic mass is 10.2. The van der Waals surface area contributed by atoms with E-state index in [1.165, 1.54) is 0 Å². The summed E-state index contributed by atoms with van der Waals surface area (Å²) in [6.45, 7) is 16.0. The van der Waals surface area contributed by atoms with E-state index in [0.29, 0.717) is 5.56 Å². The molecule has 2 aromatic carbocycles. The van der Waals surface area contributed by atoms with E-state index < -0.39 is 0 Å². The summed E-state index contributed by atoms with van der Waals surface area (Å²) in [4.78, 5) is 12.6. The van der Waals surface area contributed by atoms with Crippen molar-refractivity contribution in [1.82, 2.24) is 0 Å². The number of carbonyl (C=O) groups is 1. The maximum Gasteiger partial charge on any atom is 0.255 e. The zero-order chi connectivity index (χ0) is 19.4. The lowest BCUT2D eigenvalue weighted by Crippen LogP contribution is -2.11. The zero-order valence-electron chi connectivity index (χ0n) is 16.6. The quantitative estimate of drug-likeness (QED) is 0.546. The smallest absolute Gasteiger partial charge is 0.255 e. The molecule has 1 N–H and O–H groups in total. The summed E-state index contributed by atoms with van der Waals surface area (Å²) < 4.78 is 0. The van der Waals surface area contributed by atoms with Crippen molar-refractivity contribution in [3.8, 4) is 0 Å². The maximum absolute atomic E-state index is 11.8.